The number of fused-ring (bicyclic) bond motifs is 1. The van der Waals surface area contributed by atoms with E-state index in [1.54, 1.807) is 13.2 Å². The zero-order valence-electron chi connectivity index (χ0n) is 24.8. The van der Waals surface area contributed by atoms with E-state index in [1.807, 2.05) is 4.90 Å². The molecule has 1 aromatic heterocycles. The Bertz CT molecular complexity index is 1200. The van der Waals surface area contributed by atoms with Crippen molar-refractivity contribution in [2.75, 3.05) is 52.4 Å². The lowest BCUT2D eigenvalue weighted by atomic mass is 9.95. The lowest BCUT2D eigenvalue weighted by Gasteiger charge is -2.28. The lowest BCUT2D eigenvalue weighted by Crippen LogP contribution is -2.34. The summed E-state index contributed by atoms with van der Waals surface area (Å²) in [5.74, 6) is 0.271. The number of aryl methyl sites for hydroxylation is 1. The number of ether oxygens (including phenoxy) is 4. The van der Waals surface area contributed by atoms with Gasteiger partial charge in [0.15, 0.2) is 11.6 Å². The van der Waals surface area contributed by atoms with E-state index in [4.69, 9.17) is 23.9 Å². The van der Waals surface area contributed by atoms with Crippen LogP contribution in [0.5, 0.6) is 11.5 Å². The van der Waals surface area contributed by atoms with E-state index in [0.29, 0.717) is 37.4 Å². The van der Waals surface area contributed by atoms with Gasteiger partial charge in [-0.3, -0.25) is 9.69 Å². The van der Waals surface area contributed by atoms with Gasteiger partial charge in [-0.25, -0.2) is 9.37 Å². The highest BCUT2D eigenvalue weighted by Crippen LogP contribution is 2.39. The number of aromatic nitrogens is 1. The van der Waals surface area contributed by atoms with Crippen LogP contribution in [0, 0.1) is 5.82 Å². The number of nitrogens with zero attached hydrogens (tertiary/aromatic N) is 2. The van der Waals surface area contributed by atoms with E-state index in [2.05, 4.69) is 11.4 Å². The van der Waals surface area contributed by atoms with E-state index >= 15 is 4.39 Å². The monoisotopic (exact) mass is 585 g/mol. The van der Waals surface area contributed by atoms with Gasteiger partial charge in [0.05, 0.1) is 26.4 Å². The van der Waals surface area contributed by atoms with Gasteiger partial charge in [0.2, 0.25) is 0 Å². The number of carbonyl (C=O) groups is 1. The maximum atomic E-state index is 15.1. The number of unbranched alkanes of at least 4 members (excludes halogenated alkanes) is 2. The minimum Gasteiger partial charge on any atom is -0.496 e. The molecule has 4 heterocycles. The molecule has 1 unspecified atom stereocenters. The molecule has 2 fully saturated rings. The fraction of sp³-hybridized carbons (Fsp3) is 0.625. The molecule has 42 heavy (non-hydrogen) atoms. The Hall–Kier alpha value is -2.95. The number of hydrogen-bond acceptors (Lipinski definition) is 8. The van der Waals surface area contributed by atoms with Crippen LogP contribution in [0.4, 0.5) is 10.2 Å². The zero-order valence-corrected chi connectivity index (χ0v) is 24.8. The fourth-order valence-electron chi connectivity index (χ4n) is 6.46. The molecule has 0 saturated carbocycles. The number of likely N-dealkylation sites (tertiary alicyclic amines) is 1. The van der Waals surface area contributed by atoms with Gasteiger partial charge >= 0.3 is 5.97 Å². The van der Waals surface area contributed by atoms with E-state index in [1.165, 1.54) is 18.7 Å². The second-order valence-corrected chi connectivity index (χ2v) is 11.5. The first-order chi connectivity index (χ1) is 20.5. The molecule has 0 spiro atoms. The fourth-order valence-corrected chi connectivity index (χ4v) is 6.46. The molecular formula is C32H44FN3O6. The van der Waals surface area contributed by atoms with Crippen LogP contribution < -0.4 is 14.8 Å². The van der Waals surface area contributed by atoms with Gasteiger partial charge in [-0.05, 0) is 75.5 Å². The lowest BCUT2D eigenvalue weighted by molar-refractivity contribution is -0.143. The summed E-state index contributed by atoms with van der Waals surface area (Å²) < 4.78 is 38.1. The summed E-state index contributed by atoms with van der Waals surface area (Å²) in [6, 6.07) is 4.21. The molecule has 10 heteroatoms. The highest BCUT2D eigenvalue weighted by molar-refractivity contribution is 5.77. The van der Waals surface area contributed by atoms with Gasteiger partial charge in [-0.2, -0.15) is 0 Å². The second-order valence-electron chi connectivity index (χ2n) is 11.5. The molecule has 0 bridgehead atoms. The number of rotatable bonds is 13. The average Bonchev–Trinajstić information content (AvgIpc) is 3.46. The number of nitrogens with one attached hydrogen (secondary N) is 1. The maximum absolute atomic E-state index is 15.1. The summed E-state index contributed by atoms with van der Waals surface area (Å²) in [5.41, 5.74) is 3.21. The van der Waals surface area contributed by atoms with Gasteiger partial charge in [0.25, 0.3) is 0 Å². The number of methoxy groups -OCH3 is 2. The summed E-state index contributed by atoms with van der Waals surface area (Å²) in [6.45, 7) is 3.21. The third-order valence-electron chi connectivity index (χ3n) is 8.60. The van der Waals surface area contributed by atoms with Gasteiger partial charge in [-0.1, -0.05) is 6.42 Å². The van der Waals surface area contributed by atoms with Crippen molar-refractivity contribution in [2.45, 2.75) is 82.5 Å². The molecule has 0 radical (unpaired) electrons. The van der Waals surface area contributed by atoms with Crippen LogP contribution in [-0.4, -0.2) is 74.1 Å². The standard InChI is InChI=1S/C32H44FN3O6/c1-39-28-19-22(35-31-24(28)10-8-13-34-31)9-4-3-6-15-41-23-12-14-36(20-23)29(32(37)38)25-17-21(18-26(33)30(25)40-2)27-11-5-7-16-42-27/h17-19,23,27,29H,3-16,20H2,1-2H3,(H,34,35)(H,37,38)/t23-,27?,29+/m1/s1. The van der Waals surface area contributed by atoms with Crippen molar-refractivity contribution in [2.24, 2.45) is 0 Å². The average molecular weight is 586 g/mol. The van der Waals surface area contributed by atoms with Crippen LogP contribution in [0.15, 0.2) is 18.2 Å². The van der Waals surface area contributed by atoms with E-state index in [-0.39, 0.29) is 18.0 Å². The molecule has 0 aliphatic carbocycles. The SMILES string of the molecule is COc1cc(CCCCCO[C@@H]2CCN([C@H](C(=O)O)c3cc(C4CCCCO4)cc(F)c3OC)C2)nc2c1CCCN2. The molecule has 2 saturated heterocycles. The third-order valence-corrected chi connectivity index (χ3v) is 8.60. The van der Waals surface area contributed by atoms with Crippen molar-refractivity contribution in [3.63, 3.8) is 0 Å². The summed E-state index contributed by atoms with van der Waals surface area (Å²) in [5, 5.41) is 13.6. The molecule has 5 rings (SSSR count). The summed E-state index contributed by atoms with van der Waals surface area (Å²) in [6.07, 6.45) is 9.10. The molecule has 0 amide bonds. The first-order valence-electron chi connectivity index (χ1n) is 15.4. The number of pyridine rings is 1. The molecule has 2 aromatic rings. The number of carboxylic acid groups (broad SMARTS) is 1. The zero-order chi connectivity index (χ0) is 29.5. The minimum atomic E-state index is -1.03. The smallest absolute Gasteiger partial charge is 0.325 e. The molecule has 3 aliphatic rings. The Labute approximate surface area is 247 Å². The maximum Gasteiger partial charge on any atom is 0.325 e. The predicted octanol–water partition coefficient (Wildman–Crippen LogP) is 5.47. The Morgan fingerprint density at radius 2 is 2.05 bits per heavy atom. The van der Waals surface area contributed by atoms with Crippen molar-refractivity contribution in [1.29, 1.82) is 0 Å². The molecule has 3 atom stereocenters. The quantitative estimate of drug-likeness (QED) is 0.297. The van der Waals surface area contributed by atoms with E-state index < -0.39 is 17.8 Å². The van der Waals surface area contributed by atoms with Crippen molar-refractivity contribution in [3.8, 4) is 11.5 Å². The number of halogens is 1. The number of anilines is 1. The van der Waals surface area contributed by atoms with Crippen molar-refractivity contribution in [1.82, 2.24) is 9.88 Å². The minimum absolute atomic E-state index is 0.0202. The van der Waals surface area contributed by atoms with Crippen LogP contribution in [0.3, 0.4) is 0 Å². The van der Waals surface area contributed by atoms with Crippen molar-refractivity contribution >= 4 is 11.8 Å². The molecular weight excluding hydrogens is 541 g/mol. The van der Waals surface area contributed by atoms with E-state index in [0.717, 1.165) is 88.0 Å². The largest absolute Gasteiger partial charge is 0.496 e. The number of benzene rings is 1. The molecule has 230 valence electrons. The van der Waals surface area contributed by atoms with E-state index in [9.17, 15) is 9.90 Å². The van der Waals surface area contributed by atoms with Crippen LogP contribution in [0.25, 0.3) is 0 Å². The molecule has 2 N–H and O–H groups in total. The van der Waals surface area contributed by atoms with Crippen molar-refractivity contribution in [3.05, 3.63) is 46.4 Å². The van der Waals surface area contributed by atoms with Crippen LogP contribution in [0.2, 0.25) is 0 Å². The Kier molecular flexibility index (Phi) is 10.5. The summed E-state index contributed by atoms with van der Waals surface area (Å²) in [7, 11) is 3.09. The topological polar surface area (TPSA) is 102 Å². The normalized spacial score (nSPS) is 21.4. The number of aliphatic carboxylic acids is 1. The Morgan fingerprint density at radius 3 is 2.81 bits per heavy atom. The Balaban J connectivity index is 1.12. The van der Waals surface area contributed by atoms with Gasteiger partial charge in [0, 0.05) is 55.7 Å². The van der Waals surface area contributed by atoms with Crippen LogP contribution in [-0.2, 0) is 27.1 Å². The van der Waals surface area contributed by atoms with Crippen LogP contribution in [0.1, 0.15) is 85.9 Å². The summed E-state index contributed by atoms with van der Waals surface area (Å²) in [4.78, 5) is 19.2. The van der Waals surface area contributed by atoms with Gasteiger partial charge < -0.3 is 29.4 Å². The molecule has 3 aliphatic heterocycles. The molecule has 9 nitrogen and oxygen atoms in total. The van der Waals surface area contributed by atoms with Crippen LogP contribution >= 0.6 is 0 Å². The van der Waals surface area contributed by atoms with Gasteiger partial charge in [-0.15, -0.1) is 0 Å². The Morgan fingerprint density at radius 1 is 1.17 bits per heavy atom. The first-order valence-corrected chi connectivity index (χ1v) is 15.4. The molecule has 1 aromatic carbocycles. The number of hydrogen-bond donors (Lipinski definition) is 2. The highest BCUT2D eigenvalue weighted by atomic mass is 19.1. The number of carboxylic acids is 1. The van der Waals surface area contributed by atoms with Crippen molar-refractivity contribution < 1.29 is 33.2 Å². The first kappa shape index (κ1) is 30.5. The predicted molar refractivity (Wildman–Crippen MR) is 157 cm³/mol. The second kappa shape index (κ2) is 14.5. The third kappa shape index (κ3) is 7.15. The van der Waals surface area contributed by atoms with Gasteiger partial charge in [0.1, 0.15) is 17.6 Å². The summed E-state index contributed by atoms with van der Waals surface area (Å²) >= 11 is 0. The highest BCUT2D eigenvalue weighted by Gasteiger charge is 2.37.